The summed E-state index contributed by atoms with van der Waals surface area (Å²) < 4.78 is 22.0. The molecule has 5 rings (SSSR count). The fraction of sp³-hybridized carbons (Fsp3) is 0.300. The van der Waals surface area contributed by atoms with Crippen molar-refractivity contribution < 1.29 is 9.13 Å². The molecule has 0 saturated carbocycles. The van der Waals surface area contributed by atoms with Gasteiger partial charge in [0.25, 0.3) is 0 Å². The predicted octanol–water partition coefficient (Wildman–Crippen LogP) is 2.85. The van der Waals surface area contributed by atoms with E-state index < -0.39 is 5.95 Å². The lowest BCUT2D eigenvalue weighted by molar-refractivity contribution is 0.0984. The van der Waals surface area contributed by atoms with Gasteiger partial charge in [-0.05, 0) is 38.1 Å². The number of fused-ring (bicyclic) bond motifs is 1. The number of hydrogen-bond acceptors (Lipinski definition) is 6. The normalized spacial score (nSPS) is 17.2. The van der Waals surface area contributed by atoms with Crippen molar-refractivity contribution in [3.63, 3.8) is 0 Å². The fourth-order valence-corrected chi connectivity index (χ4v) is 3.81. The number of rotatable bonds is 3. The first-order valence-corrected chi connectivity index (χ1v) is 9.49. The average Bonchev–Trinajstić information content (AvgIpc) is 3.36. The topological polar surface area (TPSA) is 84.2 Å². The van der Waals surface area contributed by atoms with Crippen LogP contribution in [-0.2, 0) is 4.74 Å². The second-order valence-electron chi connectivity index (χ2n) is 7.13. The zero-order valence-corrected chi connectivity index (χ0v) is 16.1. The van der Waals surface area contributed by atoms with E-state index in [0.29, 0.717) is 36.7 Å². The van der Waals surface area contributed by atoms with Gasteiger partial charge in [-0.3, -0.25) is 5.10 Å². The molecule has 1 fully saturated rings. The molecular weight excluding hydrogens is 373 g/mol. The van der Waals surface area contributed by atoms with Gasteiger partial charge in [0.15, 0.2) is 11.6 Å². The number of halogens is 1. The van der Waals surface area contributed by atoms with E-state index in [-0.39, 0.29) is 6.04 Å². The highest BCUT2D eigenvalue weighted by Crippen LogP contribution is 2.34. The quantitative estimate of drug-likeness (QED) is 0.539. The molecule has 4 aromatic rings. The fourth-order valence-electron chi connectivity index (χ4n) is 3.81. The number of nitrogens with one attached hydrogen (secondary N) is 1. The molecular formula is C20H20FN7O. The zero-order chi connectivity index (χ0) is 20.0. The van der Waals surface area contributed by atoms with Crippen LogP contribution in [0.5, 0.6) is 0 Å². The minimum atomic E-state index is -0.523. The zero-order valence-electron chi connectivity index (χ0n) is 16.1. The number of nitrogens with zero attached hydrogens (tertiary/aromatic N) is 6. The average molecular weight is 393 g/mol. The van der Waals surface area contributed by atoms with Crippen molar-refractivity contribution in [2.24, 2.45) is 0 Å². The lowest BCUT2D eigenvalue weighted by Gasteiger charge is -2.34. The van der Waals surface area contributed by atoms with Gasteiger partial charge in [0.05, 0.1) is 30.5 Å². The van der Waals surface area contributed by atoms with Crippen LogP contribution < -0.4 is 4.90 Å². The van der Waals surface area contributed by atoms with Crippen LogP contribution in [0.3, 0.4) is 0 Å². The summed E-state index contributed by atoms with van der Waals surface area (Å²) in [4.78, 5) is 10.7. The van der Waals surface area contributed by atoms with Gasteiger partial charge in [-0.25, -0.2) is 14.5 Å². The summed E-state index contributed by atoms with van der Waals surface area (Å²) in [6, 6.07) is 7.37. The van der Waals surface area contributed by atoms with E-state index in [0.717, 1.165) is 22.7 Å². The maximum absolute atomic E-state index is 14.7. The number of morpholine rings is 1. The van der Waals surface area contributed by atoms with Crippen molar-refractivity contribution in [1.82, 2.24) is 29.8 Å². The molecule has 4 aromatic heterocycles. The van der Waals surface area contributed by atoms with Crippen LogP contribution in [0.25, 0.3) is 28.2 Å². The summed E-state index contributed by atoms with van der Waals surface area (Å²) in [6.07, 6.45) is 3.11. The first-order chi connectivity index (χ1) is 14.1. The lowest BCUT2D eigenvalue weighted by atomic mass is 10.1. The van der Waals surface area contributed by atoms with Crippen LogP contribution >= 0.6 is 0 Å². The van der Waals surface area contributed by atoms with Crippen LogP contribution in [0.1, 0.15) is 12.6 Å². The first-order valence-electron chi connectivity index (χ1n) is 9.49. The van der Waals surface area contributed by atoms with Crippen molar-refractivity contribution in [2.45, 2.75) is 19.9 Å². The van der Waals surface area contributed by atoms with Crippen molar-refractivity contribution in [2.75, 3.05) is 24.7 Å². The first kappa shape index (κ1) is 17.7. The number of ether oxygens (including phenoxy) is 1. The van der Waals surface area contributed by atoms with Crippen LogP contribution in [0.15, 0.2) is 36.7 Å². The molecule has 1 aliphatic rings. The third-order valence-corrected chi connectivity index (χ3v) is 5.21. The molecule has 0 amide bonds. The highest BCUT2D eigenvalue weighted by atomic mass is 19.1. The number of H-pyrrole nitrogens is 1. The molecule has 1 saturated heterocycles. The van der Waals surface area contributed by atoms with Gasteiger partial charge in [-0.15, -0.1) is 5.10 Å². The molecule has 5 heterocycles. The Kier molecular flexibility index (Phi) is 4.24. The third-order valence-electron chi connectivity index (χ3n) is 5.21. The second kappa shape index (κ2) is 6.93. The number of aromatic amines is 1. The van der Waals surface area contributed by atoms with Crippen LogP contribution in [0, 0.1) is 12.9 Å². The Bertz CT molecular complexity index is 1170. The molecule has 148 valence electrons. The molecule has 9 heteroatoms. The second-order valence-corrected chi connectivity index (χ2v) is 7.13. The highest BCUT2D eigenvalue weighted by Gasteiger charge is 2.25. The summed E-state index contributed by atoms with van der Waals surface area (Å²) in [5.74, 6) is 0.846. The largest absolute Gasteiger partial charge is 0.377 e. The van der Waals surface area contributed by atoms with Gasteiger partial charge in [-0.1, -0.05) is 0 Å². The predicted molar refractivity (Wildman–Crippen MR) is 106 cm³/mol. The standard InChI is InChI=1S/C20H20FN7O/c1-12-11-29-9-8-27(12)17-10-15(14-4-3-6-22-19(14)21)18-13(2)24-20(28(18)26-17)16-5-7-23-25-16/h3-7,10,12H,8-9,11H2,1-2H3,(H,23,25)/t12-/m1/s1. The smallest absolute Gasteiger partial charge is 0.220 e. The third kappa shape index (κ3) is 2.94. The number of imidazole rings is 1. The molecule has 29 heavy (non-hydrogen) atoms. The van der Waals surface area contributed by atoms with E-state index in [1.54, 1.807) is 22.8 Å². The summed E-state index contributed by atoms with van der Waals surface area (Å²) in [5, 5.41) is 11.9. The Hall–Kier alpha value is -3.33. The van der Waals surface area contributed by atoms with Gasteiger partial charge in [0, 0.05) is 30.1 Å². The van der Waals surface area contributed by atoms with Gasteiger partial charge < -0.3 is 9.64 Å². The summed E-state index contributed by atoms with van der Waals surface area (Å²) in [5.41, 5.74) is 3.36. The Morgan fingerprint density at radius 2 is 2.14 bits per heavy atom. The van der Waals surface area contributed by atoms with Crippen molar-refractivity contribution in [3.05, 3.63) is 48.3 Å². The van der Waals surface area contributed by atoms with E-state index in [1.165, 1.54) is 6.20 Å². The minimum Gasteiger partial charge on any atom is -0.377 e. The molecule has 0 aromatic carbocycles. The monoisotopic (exact) mass is 393 g/mol. The number of anilines is 1. The lowest BCUT2D eigenvalue weighted by Crippen LogP contribution is -2.44. The van der Waals surface area contributed by atoms with Crippen molar-refractivity contribution in [1.29, 1.82) is 0 Å². The maximum atomic E-state index is 14.7. The van der Waals surface area contributed by atoms with Gasteiger partial charge in [0.2, 0.25) is 5.95 Å². The molecule has 0 radical (unpaired) electrons. The minimum absolute atomic E-state index is 0.153. The molecule has 8 nitrogen and oxygen atoms in total. The van der Waals surface area contributed by atoms with Crippen LogP contribution in [-0.4, -0.2) is 55.6 Å². The van der Waals surface area contributed by atoms with E-state index in [9.17, 15) is 4.39 Å². The molecule has 0 unspecified atom stereocenters. The van der Waals surface area contributed by atoms with Crippen molar-refractivity contribution in [3.8, 4) is 22.6 Å². The van der Waals surface area contributed by atoms with Gasteiger partial charge in [0.1, 0.15) is 5.69 Å². The Labute approximate surface area is 166 Å². The van der Waals surface area contributed by atoms with Crippen LogP contribution in [0.2, 0.25) is 0 Å². The van der Waals surface area contributed by atoms with E-state index in [1.807, 2.05) is 19.1 Å². The number of aromatic nitrogens is 6. The Morgan fingerprint density at radius 1 is 1.24 bits per heavy atom. The molecule has 0 aliphatic carbocycles. The molecule has 1 aliphatic heterocycles. The SMILES string of the molecule is Cc1nc(-c2ccn[nH]2)n2nc(N3CCOC[C@H]3C)cc(-c3cccnc3F)c12. The van der Waals surface area contributed by atoms with E-state index in [2.05, 4.69) is 27.0 Å². The highest BCUT2D eigenvalue weighted by molar-refractivity contribution is 5.85. The molecule has 1 N–H and O–H groups in total. The van der Waals surface area contributed by atoms with Crippen LogP contribution in [0.4, 0.5) is 10.2 Å². The molecule has 0 bridgehead atoms. The van der Waals surface area contributed by atoms with Gasteiger partial charge >= 0.3 is 0 Å². The van der Waals surface area contributed by atoms with Crippen molar-refractivity contribution >= 4 is 11.3 Å². The maximum Gasteiger partial charge on any atom is 0.220 e. The number of aryl methyl sites for hydroxylation is 1. The number of hydrogen-bond donors (Lipinski definition) is 1. The summed E-state index contributed by atoms with van der Waals surface area (Å²) in [7, 11) is 0. The van der Waals surface area contributed by atoms with E-state index in [4.69, 9.17) is 14.8 Å². The molecule has 1 atom stereocenters. The van der Waals surface area contributed by atoms with E-state index >= 15 is 0 Å². The number of pyridine rings is 1. The molecule has 0 spiro atoms. The Morgan fingerprint density at radius 3 is 2.90 bits per heavy atom. The van der Waals surface area contributed by atoms with Gasteiger partial charge in [-0.2, -0.15) is 9.49 Å². The summed E-state index contributed by atoms with van der Waals surface area (Å²) in [6.45, 7) is 5.93. The summed E-state index contributed by atoms with van der Waals surface area (Å²) >= 11 is 0. The Balaban J connectivity index is 1.81.